The Kier molecular flexibility index (Phi) is 4.82. The van der Waals surface area contributed by atoms with E-state index < -0.39 is 0 Å². The van der Waals surface area contributed by atoms with Crippen molar-refractivity contribution in [3.05, 3.63) is 48.2 Å². The first-order valence-corrected chi connectivity index (χ1v) is 8.35. The van der Waals surface area contributed by atoms with Crippen LogP contribution in [0.25, 0.3) is 11.3 Å². The molecule has 23 heavy (non-hydrogen) atoms. The van der Waals surface area contributed by atoms with Crippen LogP contribution in [0, 0.1) is 0 Å². The van der Waals surface area contributed by atoms with Crippen molar-refractivity contribution in [2.24, 2.45) is 0 Å². The second kappa shape index (κ2) is 7.01. The van der Waals surface area contributed by atoms with E-state index in [9.17, 15) is 4.79 Å². The van der Waals surface area contributed by atoms with Gasteiger partial charge in [0.2, 0.25) is 5.91 Å². The summed E-state index contributed by atoms with van der Waals surface area (Å²) < 4.78 is 0. The molecule has 1 amide bonds. The lowest BCUT2D eigenvalue weighted by molar-refractivity contribution is -0.135. The van der Waals surface area contributed by atoms with E-state index in [1.54, 1.807) is 0 Å². The van der Waals surface area contributed by atoms with E-state index in [1.165, 1.54) is 5.56 Å². The standard InChI is InChI=1S/C19H25N3O/c1-15-14-21(2)12-13-22(15)19(23)11-9-17-8-10-18(20-17)16-6-4-3-5-7-16/h3-8,10,15,20H,9,11-14H2,1-2H3. The van der Waals surface area contributed by atoms with E-state index in [4.69, 9.17) is 0 Å². The van der Waals surface area contributed by atoms with Crippen LogP contribution in [0.4, 0.5) is 0 Å². The number of H-pyrrole nitrogens is 1. The van der Waals surface area contributed by atoms with Crippen LogP contribution in [0.1, 0.15) is 19.0 Å². The zero-order valence-electron chi connectivity index (χ0n) is 14.0. The molecule has 4 nitrogen and oxygen atoms in total. The molecule has 0 spiro atoms. The number of hydrogen-bond donors (Lipinski definition) is 1. The summed E-state index contributed by atoms with van der Waals surface area (Å²) in [5.74, 6) is 0.265. The fraction of sp³-hybridized carbons (Fsp3) is 0.421. The van der Waals surface area contributed by atoms with Crippen molar-refractivity contribution in [1.29, 1.82) is 0 Å². The van der Waals surface area contributed by atoms with Crippen LogP contribution in [0.2, 0.25) is 0 Å². The average Bonchev–Trinajstić information content (AvgIpc) is 3.02. The van der Waals surface area contributed by atoms with Gasteiger partial charge in [-0.05, 0) is 38.1 Å². The number of rotatable bonds is 4. The molecular weight excluding hydrogens is 286 g/mol. The largest absolute Gasteiger partial charge is 0.358 e. The molecule has 0 radical (unpaired) electrons. The van der Waals surface area contributed by atoms with E-state index >= 15 is 0 Å². The fourth-order valence-corrected chi connectivity index (χ4v) is 3.27. The van der Waals surface area contributed by atoms with Crippen LogP contribution >= 0.6 is 0 Å². The minimum absolute atomic E-state index is 0.265. The molecule has 1 atom stereocenters. The Balaban J connectivity index is 1.56. The Bertz CT molecular complexity index is 650. The first-order chi connectivity index (χ1) is 11.1. The molecule has 1 aromatic carbocycles. The first-order valence-electron chi connectivity index (χ1n) is 8.35. The van der Waals surface area contributed by atoms with Crippen molar-refractivity contribution in [2.75, 3.05) is 26.7 Å². The number of likely N-dealkylation sites (N-methyl/N-ethyl adjacent to an activating group) is 1. The van der Waals surface area contributed by atoms with E-state index in [0.717, 1.165) is 37.4 Å². The molecule has 2 aromatic rings. The zero-order valence-corrected chi connectivity index (χ0v) is 14.0. The highest BCUT2D eigenvalue weighted by atomic mass is 16.2. The minimum atomic E-state index is 0.265. The van der Waals surface area contributed by atoms with Gasteiger partial charge in [0.15, 0.2) is 0 Å². The van der Waals surface area contributed by atoms with Gasteiger partial charge in [0.25, 0.3) is 0 Å². The van der Waals surface area contributed by atoms with Crippen molar-refractivity contribution in [3.63, 3.8) is 0 Å². The van der Waals surface area contributed by atoms with Crippen molar-refractivity contribution < 1.29 is 4.79 Å². The lowest BCUT2D eigenvalue weighted by Crippen LogP contribution is -2.52. The lowest BCUT2D eigenvalue weighted by atomic mass is 10.1. The van der Waals surface area contributed by atoms with Crippen LogP contribution in [0.3, 0.4) is 0 Å². The molecule has 1 N–H and O–H groups in total. The molecule has 0 saturated carbocycles. The molecule has 1 aliphatic heterocycles. The fourth-order valence-electron chi connectivity index (χ4n) is 3.27. The molecule has 1 unspecified atom stereocenters. The smallest absolute Gasteiger partial charge is 0.223 e. The third-order valence-electron chi connectivity index (χ3n) is 4.59. The number of carbonyl (C=O) groups is 1. The van der Waals surface area contributed by atoms with Gasteiger partial charge >= 0.3 is 0 Å². The zero-order chi connectivity index (χ0) is 16.2. The molecule has 1 aliphatic rings. The maximum absolute atomic E-state index is 12.5. The van der Waals surface area contributed by atoms with Crippen LogP contribution in [0.15, 0.2) is 42.5 Å². The van der Waals surface area contributed by atoms with Crippen molar-refractivity contribution >= 4 is 5.91 Å². The summed E-state index contributed by atoms with van der Waals surface area (Å²) in [6.07, 6.45) is 1.34. The second-order valence-electron chi connectivity index (χ2n) is 6.46. The number of nitrogens with one attached hydrogen (secondary N) is 1. The number of hydrogen-bond acceptors (Lipinski definition) is 2. The van der Waals surface area contributed by atoms with Gasteiger partial charge in [0, 0.05) is 43.5 Å². The summed E-state index contributed by atoms with van der Waals surface area (Å²) in [5.41, 5.74) is 3.41. The molecule has 1 fully saturated rings. The van der Waals surface area contributed by atoms with Crippen LogP contribution in [0.5, 0.6) is 0 Å². The summed E-state index contributed by atoms with van der Waals surface area (Å²) >= 11 is 0. The molecule has 2 heterocycles. The van der Waals surface area contributed by atoms with Crippen LogP contribution in [-0.2, 0) is 11.2 Å². The Morgan fingerprint density at radius 2 is 1.96 bits per heavy atom. The number of piperazine rings is 1. The van der Waals surface area contributed by atoms with Gasteiger partial charge < -0.3 is 14.8 Å². The van der Waals surface area contributed by atoms with E-state index in [1.807, 2.05) is 23.1 Å². The topological polar surface area (TPSA) is 39.3 Å². The van der Waals surface area contributed by atoms with Crippen LogP contribution < -0.4 is 0 Å². The minimum Gasteiger partial charge on any atom is -0.358 e. The molecular formula is C19H25N3O. The van der Waals surface area contributed by atoms with Gasteiger partial charge in [0.1, 0.15) is 0 Å². The third-order valence-corrected chi connectivity index (χ3v) is 4.59. The highest BCUT2D eigenvalue weighted by Gasteiger charge is 2.25. The van der Waals surface area contributed by atoms with Gasteiger partial charge in [-0.25, -0.2) is 0 Å². The van der Waals surface area contributed by atoms with Crippen LogP contribution in [-0.4, -0.2) is 53.4 Å². The molecule has 4 heteroatoms. The maximum Gasteiger partial charge on any atom is 0.223 e. The monoisotopic (exact) mass is 311 g/mol. The normalized spacial score (nSPS) is 19.0. The number of aromatic nitrogens is 1. The Morgan fingerprint density at radius 3 is 2.70 bits per heavy atom. The molecule has 1 saturated heterocycles. The third kappa shape index (κ3) is 3.82. The summed E-state index contributed by atoms with van der Waals surface area (Å²) in [6.45, 7) is 4.91. The molecule has 122 valence electrons. The van der Waals surface area contributed by atoms with Gasteiger partial charge in [-0.3, -0.25) is 4.79 Å². The van der Waals surface area contributed by atoms with Gasteiger partial charge in [-0.1, -0.05) is 30.3 Å². The maximum atomic E-state index is 12.5. The van der Waals surface area contributed by atoms with Crippen molar-refractivity contribution in [1.82, 2.24) is 14.8 Å². The van der Waals surface area contributed by atoms with E-state index in [0.29, 0.717) is 12.5 Å². The Morgan fingerprint density at radius 1 is 1.17 bits per heavy atom. The Labute approximate surface area is 138 Å². The molecule has 3 rings (SSSR count). The molecule has 1 aromatic heterocycles. The number of carbonyl (C=O) groups excluding carboxylic acids is 1. The van der Waals surface area contributed by atoms with Gasteiger partial charge in [0.05, 0.1) is 0 Å². The number of aromatic amines is 1. The summed E-state index contributed by atoms with van der Waals surface area (Å²) in [5, 5.41) is 0. The molecule has 0 aliphatic carbocycles. The summed E-state index contributed by atoms with van der Waals surface area (Å²) in [6, 6.07) is 14.8. The predicted octanol–water partition coefficient (Wildman–Crippen LogP) is 2.78. The quantitative estimate of drug-likeness (QED) is 0.943. The highest BCUT2D eigenvalue weighted by molar-refractivity contribution is 5.77. The SMILES string of the molecule is CC1CN(C)CCN1C(=O)CCc1ccc(-c2ccccc2)[nH]1. The lowest BCUT2D eigenvalue weighted by Gasteiger charge is -2.38. The molecule has 0 bridgehead atoms. The van der Waals surface area contributed by atoms with Crippen molar-refractivity contribution in [3.8, 4) is 11.3 Å². The number of amides is 1. The van der Waals surface area contributed by atoms with E-state index in [2.05, 4.69) is 48.1 Å². The second-order valence-corrected chi connectivity index (χ2v) is 6.46. The van der Waals surface area contributed by atoms with Crippen molar-refractivity contribution in [2.45, 2.75) is 25.8 Å². The predicted molar refractivity (Wildman–Crippen MR) is 93.2 cm³/mol. The van der Waals surface area contributed by atoms with Gasteiger partial charge in [-0.15, -0.1) is 0 Å². The number of benzene rings is 1. The Hall–Kier alpha value is -2.07. The number of aryl methyl sites for hydroxylation is 1. The average molecular weight is 311 g/mol. The first kappa shape index (κ1) is 15.8. The summed E-state index contributed by atoms with van der Waals surface area (Å²) in [4.78, 5) is 20.2. The highest BCUT2D eigenvalue weighted by Crippen LogP contribution is 2.19. The summed E-state index contributed by atoms with van der Waals surface area (Å²) in [7, 11) is 2.11. The van der Waals surface area contributed by atoms with Gasteiger partial charge in [-0.2, -0.15) is 0 Å². The number of nitrogens with zero attached hydrogens (tertiary/aromatic N) is 2. The van der Waals surface area contributed by atoms with E-state index in [-0.39, 0.29) is 5.91 Å².